The van der Waals surface area contributed by atoms with Crippen LogP contribution in [0, 0.1) is 0 Å². The zero-order valence-electron chi connectivity index (χ0n) is 10.4. The molecule has 0 spiro atoms. The predicted molar refractivity (Wildman–Crippen MR) is 91.0 cm³/mol. The molecule has 2 rings (SSSR count). The van der Waals surface area contributed by atoms with Crippen LogP contribution >= 0.6 is 52.3 Å². The first-order chi connectivity index (χ1) is 8.22. The van der Waals surface area contributed by atoms with Gasteiger partial charge in [-0.3, -0.25) is 4.90 Å². The maximum Gasteiger partial charge on any atom is 0.0541 e. The van der Waals surface area contributed by atoms with Gasteiger partial charge in [0.1, 0.15) is 0 Å². The van der Waals surface area contributed by atoms with E-state index in [-0.39, 0.29) is 30.9 Å². The van der Waals surface area contributed by atoms with Crippen molar-refractivity contribution in [2.45, 2.75) is 6.04 Å². The highest BCUT2D eigenvalue weighted by atomic mass is 79.9. The summed E-state index contributed by atoms with van der Waals surface area (Å²) >= 11 is 9.55. The fourth-order valence-electron chi connectivity index (χ4n) is 2.17. The Bertz CT molecular complexity index is 409. The SMILES string of the molecule is C=C[C@@H](c1ccc(Cl)cc1Br)N1CCNCC1.Cl.Cl. The van der Waals surface area contributed by atoms with E-state index in [2.05, 4.69) is 38.8 Å². The maximum atomic E-state index is 5.97. The van der Waals surface area contributed by atoms with Crippen LogP contribution in [0.5, 0.6) is 0 Å². The molecule has 0 aromatic heterocycles. The summed E-state index contributed by atoms with van der Waals surface area (Å²) in [4.78, 5) is 2.43. The van der Waals surface area contributed by atoms with E-state index in [0.717, 1.165) is 35.7 Å². The van der Waals surface area contributed by atoms with Gasteiger partial charge in [0.25, 0.3) is 0 Å². The minimum atomic E-state index is 0. The van der Waals surface area contributed by atoms with E-state index in [1.165, 1.54) is 5.56 Å². The van der Waals surface area contributed by atoms with E-state index < -0.39 is 0 Å². The van der Waals surface area contributed by atoms with Crippen LogP contribution in [0.15, 0.2) is 35.3 Å². The smallest absolute Gasteiger partial charge is 0.0541 e. The van der Waals surface area contributed by atoms with Crippen molar-refractivity contribution in [1.29, 1.82) is 0 Å². The maximum absolute atomic E-state index is 5.97. The number of hydrogen-bond donors (Lipinski definition) is 1. The van der Waals surface area contributed by atoms with Gasteiger partial charge in [-0.05, 0) is 17.7 Å². The van der Waals surface area contributed by atoms with Gasteiger partial charge in [0.05, 0.1) is 6.04 Å². The van der Waals surface area contributed by atoms with Crippen molar-refractivity contribution in [3.8, 4) is 0 Å². The van der Waals surface area contributed by atoms with Gasteiger partial charge in [-0.25, -0.2) is 0 Å². The second-order valence-corrected chi connectivity index (χ2v) is 5.42. The van der Waals surface area contributed by atoms with Crippen molar-refractivity contribution >= 4 is 52.3 Å². The lowest BCUT2D eigenvalue weighted by atomic mass is 10.0. The molecule has 2 nitrogen and oxygen atoms in total. The third-order valence-electron chi connectivity index (χ3n) is 3.05. The summed E-state index contributed by atoms with van der Waals surface area (Å²) in [6.45, 7) is 8.13. The molecule has 1 aromatic carbocycles. The minimum absolute atomic E-state index is 0. The van der Waals surface area contributed by atoms with Crippen molar-refractivity contribution in [2.75, 3.05) is 26.2 Å². The number of hydrogen-bond acceptors (Lipinski definition) is 2. The Kier molecular flexibility index (Phi) is 9.33. The molecule has 0 aliphatic carbocycles. The molecule has 1 heterocycles. The van der Waals surface area contributed by atoms with Gasteiger partial charge in [-0.1, -0.05) is 39.7 Å². The van der Waals surface area contributed by atoms with Gasteiger partial charge in [-0.15, -0.1) is 31.4 Å². The quantitative estimate of drug-likeness (QED) is 0.785. The molecule has 6 heteroatoms. The van der Waals surface area contributed by atoms with E-state index in [9.17, 15) is 0 Å². The lowest BCUT2D eigenvalue weighted by Gasteiger charge is -2.33. The van der Waals surface area contributed by atoms with Crippen molar-refractivity contribution < 1.29 is 0 Å². The fraction of sp³-hybridized carbons (Fsp3) is 0.385. The Labute approximate surface area is 140 Å². The Balaban J connectivity index is 0.00000162. The van der Waals surface area contributed by atoms with E-state index in [1.807, 2.05) is 18.2 Å². The van der Waals surface area contributed by atoms with Crippen molar-refractivity contribution in [3.05, 3.63) is 45.9 Å². The zero-order valence-corrected chi connectivity index (χ0v) is 14.4. The number of nitrogens with one attached hydrogen (secondary N) is 1. The largest absolute Gasteiger partial charge is 0.314 e. The summed E-state index contributed by atoms with van der Waals surface area (Å²) in [5.41, 5.74) is 1.23. The summed E-state index contributed by atoms with van der Waals surface area (Å²) in [7, 11) is 0. The number of rotatable bonds is 3. The second-order valence-electron chi connectivity index (χ2n) is 4.13. The molecule has 0 unspecified atom stereocenters. The molecule has 0 radical (unpaired) electrons. The molecule has 1 N–H and O–H groups in total. The van der Waals surface area contributed by atoms with Crippen LogP contribution in [0.3, 0.4) is 0 Å². The summed E-state index contributed by atoms with van der Waals surface area (Å²) in [5, 5.41) is 4.11. The lowest BCUT2D eigenvalue weighted by Crippen LogP contribution is -2.44. The molecule has 1 aliphatic rings. The molecular weight excluding hydrogens is 370 g/mol. The number of piperazine rings is 1. The molecule has 0 bridgehead atoms. The van der Waals surface area contributed by atoms with Crippen molar-refractivity contribution in [3.63, 3.8) is 0 Å². The molecule has 108 valence electrons. The van der Waals surface area contributed by atoms with Crippen LogP contribution < -0.4 is 5.32 Å². The van der Waals surface area contributed by atoms with Gasteiger partial charge >= 0.3 is 0 Å². The molecule has 0 saturated carbocycles. The number of benzene rings is 1. The summed E-state index contributed by atoms with van der Waals surface area (Å²) in [5.74, 6) is 0. The van der Waals surface area contributed by atoms with Gasteiger partial charge in [0.2, 0.25) is 0 Å². The third-order valence-corrected chi connectivity index (χ3v) is 3.97. The highest BCUT2D eigenvalue weighted by molar-refractivity contribution is 9.10. The molecule has 1 fully saturated rings. The number of nitrogens with zero attached hydrogens (tertiary/aromatic N) is 1. The van der Waals surface area contributed by atoms with Crippen molar-refractivity contribution in [1.82, 2.24) is 10.2 Å². The van der Waals surface area contributed by atoms with Gasteiger partial charge in [-0.2, -0.15) is 0 Å². The average molecular weight is 389 g/mol. The van der Waals surface area contributed by atoms with E-state index in [1.54, 1.807) is 0 Å². The molecule has 1 aromatic rings. The fourth-order valence-corrected chi connectivity index (χ4v) is 3.09. The molecular formula is C13H18BrCl3N2. The Morgan fingerprint density at radius 3 is 2.47 bits per heavy atom. The van der Waals surface area contributed by atoms with Crippen LogP contribution in [0.2, 0.25) is 5.02 Å². The monoisotopic (exact) mass is 386 g/mol. The number of halogens is 4. The van der Waals surface area contributed by atoms with Gasteiger partial charge in [0, 0.05) is 35.7 Å². The second kappa shape index (κ2) is 9.22. The lowest BCUT2D eigenvalue weighted by molar-refractivity contribution is 0.203. The first-order valence-electron chi connectivity index (χ1n) is 5.74. The van der Waals surface area contributed by atoms with Crippen LogP contribution in [0.1, 0.15) is 11.6 Å². The summed E-state index contributed by atoms with van der Waals surface area (Å²) in [6.07, 6.45) is 2.00. The summed E-state index contributed by atoms with van der Waals surface area (Å²) < 4.78 is 1.05. The average Bonchev–Trinajstić information content (AvgIpc) is 2.34. The minimum Gasteiger partial charge on any atom is -0.314 e. The Morgan fingerprint density at radius 2 is 1.95 bits per heavy atom. The van der Waals surface area contributed by atoms with Crippen LogP contribution in [0.4, 0.5) is 0 Å². The van der Waals surface area contributed by atoms with E-state index in [4.69, 9.17) is 11.6 Å². The van der Waals surface area contributed by atoms with E-state index in [0.29, 0.717) is 0 Å². The van der Waals surface area contributed by atoms with E-state index >= 15 is 0 Å². The first-order valence-corrected chi connectivity index (χ1v) is 6.91. The molecule has 0 amide bonds. The zero-order chi connectivity index (χ0) is 12.3. The van der Waals surface area contributed by atoms with Crippen LogP contribution in [-0.2, 0) is 0 Å². The Morgan fingerprint density at radius 1 is 1.32 bits per heavy atom. The predicted octanol–water partition coefficient (Wildman–Crippen LogP) is 4.08. The highest BCUT2D eigenvalue weighted by Crippen LogP contribution is 2.31. The van der Waals surface area contributed by atoms with Gasteiger partial charge < -0.3 is 5.32 Å². The normalized spacial score (nSPS) is 16.9. The first kappa shape index (κ1) is 19.2. The standard InChI is InChI=1S/C13H16BrClN2.2ClH/c1-2-13(17-7-5-16-6-8-17)11-4-3-10(15)9-12(11)14;;/h2-4,9,13,16H,1,5-8H2;2*1H/t13-;;/m0../s1. The van der Waals surface area contributed by atoms with Gasteiger partial charge in [0.15, 0.2) is 0 Å². The third kappa shape index (κ3) is 4.92. The molecule has 1 atom stereocenters. The molecule has 19 heavy (non-hydrogen) atoms. The Hall–Kier alpha value is 0.230. The molecule has 1 aliphatic heterocycles. The van der Waals surface area contributed by atoms with Crippen LogP contribution in [0.25, 0.3) is 0 Å². The molecule has 1 saturated heterocycles. The highest BCUT2D eigenvalue weighted by Gasteiger charge is 2.21. The van der Waals surface area contributed by atoms with Crippen molar-refractivity contribution in [2.24, 2.45) is 0 Å². The van der Waals surface area contributed by atoms with Crippen LogP contribution in [-0.4, -0.2) is 31.1 Å². The topological polar surface area (TPSA) is 15.3 Å². The summed E-state index contributed by atoms with van der Waals surface area (Å²) in [6, 6.07) is 6.19.